The van der Waals surface area contributed by atoms with Crippen LogP contribution in [0.4, 0.5) is 0 Å². The van der Waals surface area contributed by atoms with E-state index in [4.69, 9.17) is 0 Å². The molecule has 0 unspecified atom stereocenters. The lowest BCUT2D eigenvalue weighted by Crippen LogP contribution is -2.57. The average Bonchev–Trinajstić information content (AvgIpc) is 2.70. The minimum absolute atomic E-state index is 0.0177. The summed E-state index contributed by atoms with van der Waals surface area (Å²) in [6.07, 6.45) is 16.8. The van der Waals surface area contributed by atoms with Crippen molar-refractivity contribution in [3.63, 3.8) is 0 Å². The first-order valence-electron chi connectivity index (χ1n) is 9.04. The average molecular weight is 287 g/mol. The van der Waals surface area contributed by atoms with Crippen molar-refractivity contribution in [2.75, 3.05) is 6.61 Å². The molecule has 1 nitrogen and oxygen atoms in total. The summed E-state index contributed by atoms with van der Waals surface area (Å²) in [5.41, 5.74) is 1.35. The maximum Gasteiger partial charge on any atom is 0.150 e. The van der Waals surface area contributed by atoms with Gasteiger partial charge in [0, 0.05) is 5.92 Å². The molecule has 4 aliphatic rings. The lowest BCUT2D eigenvalue weighted by atomic mass is 9.40. The van der Waals surface area contributed by atoms with Crippen LogP contribution in [0.2, 0.25) is 0 Å². The Morgan fingerprint density at radius 3 is 2.52 bits per heavy atom. The normalized spacial score (nSPS) is 53.7. The van der Waals surface area contributed by atoms with Crippen LogP contribution in [-0.4, -0.2) is 11.7 Å². The van der Waals surface area contributed by atoms with Crippen molar-refractivity contribution >= 4 is 0 Å². The molecule has 0 radical (unpaired) electrons. The van der Waals surface area contributed by atoms with E-state index in [1.54, 1.807) is 0 Å². The molecule has 0 saturated heterocycles. The second-order valence-corrected chi connectivity index (χ2v) is 9.51. The Bertz CT molecular complexity index is 478. The standard InChI is InChI=1S/C20H31O/c1-17(2)7-4-8-18(3)15(17)6-10-20-12-11-19(13-20,14-21)9-5-16(18)20/h11-13,15-16,21H,4-10,14H2,1-3H3/q+1/t15-,16+,18-,19+,20+/m0/s1. The number of fused-ring (bicyclic) bond motifs is 3. The minimum atomic E-state index is 0.0177. The lowest BCUT2D eigenvalue weighted by Gasteiger charge is -2.61. The number of allylic oxidation sites excluding steroid dienone is 1. The summed E-state index contributed by atoms with van der Waals surface area (Å²) in [4.78, 5) is 0. The van der Waals surface area contributed by atoms with Crippen LogP contribution >= 0.6 is 0 Å². The lowest BCUT2D eigenvalue weighted by molar-refractivity contribution is -0.126. The molecule has 0 aliphatic heterocycles. The molecule has 4 rings (SSSR count). The highest BCUT2D eigenvalue weighted by atomic mass is 16.3. The van der Waals surface area contributed by atoms with Gasteiger partial charge in [-0.1, -0.05) is 27.2 Å². The zero-order valence-electron chi connectivity index (χ0n) is 14.0. The molecule has 0 amide bonds. The number of rotatable bonds is 1. The molecule has 0 heterocycles. The van der Waals surface area contributed by atoms with Crippen LogP contribution in [-0.2, 0) is 0 Å². The molecule has 21 heavy (non-hydrogen) atoms. The molecular formula is C20H31O+. The summed E-state index contributed by atoms with van der Waals surface area (Å²) in [7, 11) is 0. The van der Waals surface area contributed by atoms with Crippen molar-refractivity contribution in [3.8, 4) is 0 Å². The highest BCUT2D eigenvalue weighted by molar-refractivity contribution is 5.33. The van der Waals surface area contributed by atoms with Gasteiger partial charge in [-0.3, -0.25) is 0 Å². The van der Waals surface area contributed by atoms with E-state index in [1.807, 2.05) is 0 Å². The molecule has 4 aliphatic carbocycles. The van der Waals surface area contributed by atoms with Crippen molar-refractivity contribution in [2.45, 2.75) is 65.7 Å². The Balaban J connectivity index is 1.72. The molecular weight excluding hydrogens is 256 g/mol. The highest BCUT2D eigenvalue weighted by Gasteiger charge is 2.68. The van der Waals surface area contributed by atoms with Gasteiger partial charge in [0.25, 0.3) is 0 Å². The summed E-state index contributed by atoms with van der Waals surface area (Å²) < 4.78 is 0. The van der Waals surface area contributed by atoms with Gasteiger partial charge in [-0.2, -0.15) is 0 Å². The third-order valence-electron chi connectivity index (χ3n) is 8.06. The SMILES string of the molecule is CC1(C)CCC[C@]2(C)[C@H]3CC[C@@]4(CO)C=C[C@@]3([CH+]4)CC[C@@H]12. The van der Waals surface area contributed by atoms with Gasteiger partial charge in [0.05, 0.1) is 13.0 Å². The molecule has 116 valence electrons. The molecule has 5 atom stereocenters. The molecule has 0 aromatic carbocycles. The zero-order valence-corrected chi connectivity index (χ0v) is 14.0. The van der Waals surface area contributed by atoms with Crippen molar-refractivity contribution in [1.29, 1.82) is 0 Å². The van der Waals surface area contributed by atoms with Crippen LogP contribution < -0.4 is 0 Å². The van der Waals surface area contributed by atoms with Gasteiger partial charge in [0.15, 0.2) is 0 Å². The second kappa shape index (κ2) is 4.10. The van der Waals surface area contributed by atoms with E-state index in [0.29, 0.717) is 22.9 Å². The molecule has 0 aromatic heterocycles. The third-order valence-corrected chi connectivity index (χ3v) is 8.06. The fraction of sp³-hybridized carbons (Fsp3) is 0.850. The molecule has 1 spiro atoms. The number of aliphatic hydroxyl groups excluding tert-OH is 1. The largest absolute Gasteiger partial charge is 0.391 e. The molecule has 0 aromatic rings. The monoisotopic (exact) mass is 287 g/mol. The van der Waals surface area contributed by atoms with E-state index in [2.05, 4.69) is 39.3 Å². The van der Waals surface area contributed by atoms with Gasteiger partial charge < -0.3 is 5.11 Å². The van der Waals surface area contributed by atoms with E-state index in [-0.39, 0.29) is 5.41 Å². The molecule has 2 bridgehead atoms. The van der Waals surface area contributed by atoms with Crippen LogP contribution in [0.3, 0.4) is 0 Å². The van der Waals surface area contributed by atoms with E-state index in [0.717, 1.165) is 18.3 Å². The van der Waals surface area contributed by atoms with Gasteiger partial charge in [-0.05, 0) is 67.4 Å². The Hall–Kier alpha value is -0.430. The Morgan fingerprint density at radius 2 is 1.76 bits per heavy atom. The topological polar surface area (TPSA) is 20.2 Å². The van der Waals surface area contributed by atoms with E-state index < -0.39 is 0 Å². The molecule has 3 fully saturated rings. The van der Waals surface area contributed by atoms with Gasteiger partial charge in [0.1, 0.15) is 10.8 Å². The van der Waals surface area contributed by atoms with Crippen molar-refractivity contribution in [3.05, 3.63) is 18.6 Å². The van der Waals surface area contributed by atoms with Gasteiger partial charge in [0.2, 0.25) is 0 Å². The Kier molecular flexibility index (Phi) is 2.77. The number of aliphatic hydroxyl groups is 1. The predicted octanol–water partition coefficient (Wildman–Crippen LogP) is 4.76. The van der Waals surface area contributed by atoms with Crippen molar-refractivity contribution < 1.29 is 5.11 Å². The van der Waals surface area contributed by atoms with Crippen LogP contribution in [0.5, 0.6) is 0 Å². The fourth-order valence-electron chi connectivity index (χ4n) is 7.16. The van der Waals surface area contributed by atoms with Crippen LogP contribution in [0.1, 0.15) is 65.7 Å². The zero-order chi connectivity index (χ0) is 14.9. The number of hydrogen-bond acceptors (Lipinski definition) is 1. The smallest absolute Gasteiger partial charge is 0.150 e. The number of hydrogen-bond donors (Lipinski definition) is 1. The van der Waals surface area contributed by atoms with Crippen molar-refractivity contribution in [2.24, 2.45) is 33.5 Å². The maximum absolute atomic E-state index is 9.85. The fourth-order valence-corrected chi connectivity index (χ4v) is 7.16. The summed E-state index contributed by atoms with van der Waals surface area (Å²) in [5, 5.41) is 9.85. The Morgan fingerprint density at radius 1 is 1.00 bits per heavy atom. The van der Waals surface area contributed by atoms with E-state index in [1.165, 1.54) is 38.5 Å². The maximum atomic E-state index is 9.85. The minimum Gasteiger partial charge on any atom is -0.391 e. The van der Waals surface area contributed by atoms with Gasteiger partial charge in [-0.15, -0.1) is 0 Å². The summed E-state index contributed by atoms with van der Waals surface area (Å²) in [6, 6.07) is 0. The first kappa shape index (κ1) is 14.2. The summed E-state index contributed by atoms with van der Waals surface area (Å²) in [5.74, 6) is 1.69. The van der Waals surface area contributed by atoms with Crippen LogP contribution in [0.25, 0.3) is 0 Å². The predicted molar refractivity (Wildman–Crippen MR) is 86.6 cm³/mol. The summed E-state index contributed by atoms with van der Waals surface area (Å²) >= 11 is 0. The summed E-state index contributed by atoms with van der Waals surface area (Å²) in [6.45, 7) is 7.95. The van der Waals surface area contributed by atoms with Crippen molar-refractivity contribution in [1.82, 2.24) is 0 Å². The van der Waals surface area contributed by atoms with Crippen LogP contribution in [0, 0.1) is 39.9 Å². The molecule has 1 N–H and O–H groups in total. The Labute approximate surface area is 130 Å². The second-order valence-electron chi connectivity index (χ2n) is 9.51. The third kappa shape index (κ3) is 1.70. The van der Waals surface area contributed by atoms with Gasteiger partial charge >= 0.3 is 0 Å². The molecule has 3 saturated carbocycles. The first-order chi connectivity index (χ1) is 9.86. The first-order valence-corrected chi connectivity index (χ1v) is 9.04. The van der Waals surface area contributed by atoms with E-state index >= 15 is 0 Å². The van der Waals surface area contributed by atoms with Gasteiger partial charge in [-0.25, -0.2) is 0 Å². The van der Waals surface area contributed by atoms with Crippen LogP contribution in [0.15, 0.2) is 12.2 Å². The van der Waals surface area contributed by atoms with E-state index in [9.17, 15) is 5.11 Å². The highest BCUT2D eigenvalue weighted by Crippen LogP contribution is 2.71. The molecule has 1 heteroatoms. The quantitative estimate of drug-likeness (QED) is 0.544.